The summed E-state index contributed by atoms with van der Waals surface area (Å²) in [4.78, 5) is 22.4. The third kappa shape index (κ3) is 2.49. The van der Waals surface area contributed by atoms with Gasteiger partial charge in [-0.3, -0.25) is 4.79 Å². The zero-order chi connectivity index (χ0) is 19.4. The van der Waals surface area contributed by atoms with Gasteiger partial charge in [0.1, 0.15) is 10.7 Å². The van der Waals surface area contributed by atoms with E-state index < -0.39 is 0 Å². The molecule has 8 heteroatoms. The number of pyridine rings is 1. The molecule has 0 saturated heterocycles. The van der Waals surface area contributed by atoms with Crippen LogP contribution in [0.1, 0.15) is 28.2 Å². The van der Waals surface area contributed by atoms with Crippen LogP contribution in [0.5, 0.6) is 0 Å². The van der Waals surface area contributed by atoms with Gasteiger partial charge in [0.25, 0.3) is 5.91 Å². The molecule has 0 saturated carbocycles. The molecule has 0 bridgehead atoms. The lowest BCUT2D eigenvalue weighted by Crippen LogP contribution is -2.34. The summed E-state index contributed by atoms with van der Waals surface area (Å²) in [5.74, 6) is 1.99. The van der Waals surface area contributed by atoms with E-state index in [1.54, 1.807) is 10.8 Å². The molecule has 1 amide bonds. The highest BCUT2D eigenvalue weighted by Crippen LogP contribution is 2.40. The molecule has 5 rings (SSSR count). The zero-order valence-electron chi connectivity index (χ0n) is 15.5. The number of nitrogens with zero attached hydrogens (tertiary/aromatic N) is 4. The fourth-order valence-corrected chi connectivity index (χ4v) is 4.64. The molecule has 2 N–H and O–H groups in total. The molecule has 4 heterocycles. The Morgan fingerprint density at radius 2 is 2.14 bits per heavy atom. The second-order valence-electron chi connectivity index (χ2n) is 6.87. The molecule has 28 heavy (non-hydrogen) atoms. The van der Waals surface area contributed by atoms with Gasteiger partial charge < -0.3 is 10.6 Å². The molecule has 0 spiro atoms. The van der Waals surface area contributed by atoms with Gasteiger partial charge >= 0.3 is 0 Å². The van der Waals surface area contributed by atoms with Crippen molar-refractivity contribution in [1.82, 2.24) is 25.1 Å². The topological polar surface area (TPSA) is 84.7 Å². The van der Waals surface area contributed by atoms with Crippen molar-refractivity contribution < 1.29 is 4.79 Å². The molecule has 140 valence electrons. The number of thiophene rings is 1. The van der Waals surface area contributed by atoms with E-state index in [9.17, 15) is 4.79 Å². The lowest BCUT2D eigenvalue weighted by Gasteiger charge is -2.10. The van der Waals surface area contributed by atoms with Crippen molar-refractivity contribution in [3.8, 4) is 5.82 Å². The molecule has 3 aromatic heterocycles. The van der Waals surface area contributed by atoms with Gasteiger partial charge in [0.05, 0.1) is 11.2 Å². The minimum absolute atomic E-state index is 0.0263. The normalized spacial score (nSPS) is 16.5. The van der Waals surface area contributed by atoms with Crippen molar-refractivity contribution >= 4 is 50.0 Å². The third-order valence-corrected chi connectivity index (χ3v) is 6.01. The average Bonchev–Trinajstić information content (AvgIpc) is 3.22. The Morgan fingerprint density at radius 1 is 1.29 bits per heavy atom. The quantitative estimate of drug-likeness (QED) is 0.547. The summed E-state index contributed by atoms with van der Waals surface area (Å²) in [6, 6.07) is 8.06. The van der Waals surface area contributed by atoms with Crippen LogP contribution in [0.4, 0.5) is 5.69 Å². The Hall–Kier alpha value is -3.26. The standard InChI is InChI=1S/C20H18N6OS/c1-4-15-23-11(3)26(25-15)16-8-5-12-13(24-16)6-7-14-17(12)18-19(28-14)20(27)22-10(2)9-21-18/h4-8,10,21H,1,9H2,2-3H3,(H,22,27)/t10-/m1/s1. The number of nitrogens with one attached hydrogen (secondary N) is 2. The molecule has 0 fully saturated rings. The van der Waals surface area contributed by atoms with Crippen molar-refractivity contribution in [1.29, 1.82) is 0 Å². The summed E-state index contributed by atoms with van der Waals surface area (Å²) in [6.07, 6.45) is 1.62. The zero-order valence-corrected chi connectivity index (χ0v) is 16.3. The number of anilines is 1. The van der Waals surface area contributed by atoms with Gasteiger partial charge in [-0.25, -0.2) is 9.97 Å². The molecule has 7 nitrogen and oxygen atoms in total. The molecular formula is C20H18N6OS. The second-order valence-corrected chi connectivity index (χ2v) is 7.92. The summed E-state index contributed by atoms with van der Waals surface area (Å²) < 4.78 is 2.78. The van der Waals surface area contributed by atoms with Crippen LogP contribution in [0.2, 0.25) is 0 Å². The first-order chi connectivity index (χ1) is 13.5. The number of aromatic nitrogens is 4. The molecular weight excluding hydrogens is 372 g/mol. The number of hydrogen-bond acceptors (Lipinski definition) is 6. The highest BCUT2D eigenvalue weighted by atomic mass is 32.1. The SMILES string of the molecule is C=Cc1nc(C)n(-c2ccc3c(ccc4sc5c(c43)NC[C@@H](C)NC5=O)n2)n1. The maximum Gasteiger partial charge on any atom is 0.263 e. The van der Waals surface area contributed by atoms with Gasteiger partial charge in [0.2, 0.25) is 0 Å². The van der Waals surface area contributed by atoms with E-state index in [-0.39, 0.29) is 11.9 Å². The number of rotatable bonds is 2. The first kappa shape index (κ1) is 16.9. The molecule has 0 unspecified atom stereocenters. The van der Waals surface area contributed by atoms with Gasteiger partial charge in [-0.1, -0.05) is 6.58 Å². The maximum absolute atomic E-state index is 12.5. The van der Waals surface area contributed by atoms with Crippen molar-refractivity contribution in [2.45, 2.75) is 19.9 Å². The van der Waals surface area contributed by atoms with Crippen molar-refractivity contribution in [3.63, 3.8) is 0 Å². The lowest BCUT2D eigenvalue weighted by atomic mass is 10.1. The van der Waals surface area contributed by atoms with Crippen LogP contribution in [0.15, 0.2) is 30.8 Å². The summed E-state index contributed by atoms with van der Waals surface area (Å²) in [7, 11) is 0. The lowest BCUT2D eigenvalue weighted by molar-refractivity contribution is 0.0949. The van der Waals surface area contributed by atoms with Crippen LogP contribution in [0, 0.1) is 6.92 Å². The second kappa shape index (κ2) is 6.13. The molecule has 1 atom stereocenters. The molecule has 4 aromatic rings. The van der Waals surface area contributed by atoms with Gasteiger partial charge in [-0.2, -0.15) is 4.68 Å². The minimum atomic E-state index is -0.0263. The number of fused-ring (bicyclic) bond motifs is 5. The molecule has 1 aliphatic rings. The maximum atomic E-state index is 12.5. The number of aryl methyl sites for hydroxylation is 1. The fourth-order valence-electron chi connectivity index (χ4n) is 3.55. The van der Waals surface area contributed by atoms with Crippen LogP contribution in [0.25, 0.3) is 32.9 Å². The molecule has 1 aliphatic heterocycles. The van der Waals surface area contributed by atoms with Gasteiger partial charge in [-0.15, -0.1) is 16.4 Å². The Morgan fingerprint density at radius 3 is 2.93 bits per heavy atom. The Labute approximate surface area is 165 Å². The Balaban J connectivity index is 1.72. The van der Waals surface area contributed by atoms with Gasteiger partial charge in [0.15, 0.2) is 11.6 Å². The van der Waals surface area contributed by atoms with Gasteiger partial charge in [-0.05, 0) is 44.2 Å². The highest BCUT2D eigenvalue weighted by Gasteiger charge is 2.24. The van der Waals surface area contributed by atoms with Crippen LogP contribution in [-0.4, -0.2) is 38.2 Å². The first-order valence-electron chi connectivity index (χ1n) is 9.02. The van der Waals surface area contributed by atoms with E-state index in [0.717, 1.165) is 37.4 Å². The van der Waals surface area contributed by atoms with E-state index >= 15 is 0 Å². The monoisotopic (exact) mass is 390 g/mol. The predicted octanol–water partition coefficient (Wildman–Crippen LogP) is 3.53. The summed E-state index contributed by atoms with van der Waals surface area (Å²) >= 11 is 1.51. The summed E-state index contributed by atoms with van der Waals surface area (Å²) in [6.45, 7) is 8.29. The largest absolute Gasteiger partial charge is 0.381 e. The average molecular weight is 390 g/mol. The van der Waals surface area contributed by atoms with E-state index in [0.29, 0.717) is 18.2 Å². The van der Waals surface area contributed by atoms with E-state index in [2.05, 4.69) is 27.3 Å². The van der Waals surface area contributed by atoms with E-state index in [4.69, 9.17) is 4.98 Å². The first-order valence-corrected chi connectivity index (χ1v) is 9.84. The molecule has 1 aromatic carbocycles. The number of hydrogen-bond donors (Lipinski definition) is 2. The molecule has 0 aliphatic carbocycles. The summed E-state index contributed by atoms with van der Waals surface area (Å²) in [5.41, 5.74) is 1.74. The van der Waals surface area contributed by atoms with Crippen molar-refractivity contribution in [2.24, 2.45) is 0 Å². The van der Waals surface area contributed by atoms with E-state index in [1.165, 1.54) is 11.3 Å². The van der Waals surface area contributed by atoms with Crippen LogP contribution >= 0.6 is 11.3 Å². The summed E-state index contributed by atoms with van der Waals surface area (Å²) in [5, 5.41) is 12.9. The fraction of sp³-hybridized carbons (Fsp3) is 0.200. The van der Waals surface area contributed by atoms with E-state index in [1.807, 2.05) is 38.1 Å². The van der Waals surface area contributed by atoms with Crippen LogP contribution in [-0.2, 0) is 0 Å². The Kier molecular flexibility index (Phi) is 3.70. The minimum Gasteiger partial charge on any atom is -0.381 e. The highest BCUT2D eigenvalue weighted by molar-refractivity contribution is 7.21. The third-order valence-electron chi connectivity index (χ3n) is 4.86. The Bertz CT molecular complexity index is 1270. The van der Waals surface area contributed by atoms with Crippen molar-refractivity contribution in [2.75, 3.05) is 11.9 Å². The number of benzene rings is 1. The molecule has 0 radical (unpaired) electrons. The smallest absolute Gasteiger partial charge is 0.263 e. The number of carbonyl (C=O) groups excluding carboxylic acids is 1. The number of carbonyl (C=O) groups is 1. The predicted molar refractivity (Wildman–Crippen MR) is 112 cm³/mol. The van der Waals surface area contributed by atoms with Crippen LogP contribution in [0.3, 0.4) is 0 Å². The number of amides is 1. The van der Waals surface area contributed by atoms with Crippen molar-refractivity contribution in [3.05, 3.63) is 47.4 Å². The van der Waals surface area contributed by atoms with Gasteiger partial charge in [0, 0.05) is 28.1 Å². The van der Waals surface area contributed by atoms with Crippen LogP contribution < -0.4 is 10.6 Å².